The lowest BCUT2D eigenvalue weighted by Gasteiger charge is -2.01. The highest BCUT2D eigenvalue weighted by Crippen LogP contribution is 1.92. The van der Waals surface area contributed by atoms with Gasteiger partial charge in [0.1, 0.15) is 0 Å². The van der Waals surface area contributed by atoms with Crippen molar-refractivity contribution in [3.05, 3.63) is 0 Å². The van der Waals surface area contributed by atoms with Crippen molar-refractivity contribution in [3.8, 4) is 0 Å². The first-order chi connectivity index (χ1) is 4.04. The zero-order valence-corrected chi connectivity index (χ0v) is 4.63. The van der Waals surface area contributed by atoms with Gasteiger partial charge in [0.15, 0.2) is 6.10 Å². The normalized spacial score (nSPS) is 12.2. The van der Waals surface area contributed by atoms with Crippen LogP contribution in [0.1, 0.15) is 6.92 Å². The van der Waals surface area contributed by atoms with E-state index in [0.29, 0.717) is 0 Å². The Morgan fingerprint density at radius 2 is 2.11 bits per heavy atom. The third kappa shape index (κ3) is 3.45. The number of halogens is 1. The summed E-state index contributed by atoms with van der Waals surface area (Å²) in [5.41, 5.74) is 0. The first-order valence-electron chi connectivity index (χ1n) is 2.13. The molecule has 0 spiro atoms. The summed E-state index contributed by atoms with van der Waals surface area (Å²) >= 11 is 0. The molecule has 0 aromatic heterocycles. The van der Waals surface area contributed by atoms with Gasteiger partial charge >= 0.3 is 12.2 Å². The monoisotopic (exact) mass is 136 g/mol. The standard InChI is InChI=1S/C4H5FO4/c1-2(3(6)7)9-4(5)8/h2H,1H3,(H,6,7)/t2-/m0/s1. The molecule has 9 heavy (non-hydrogen) atoms. The van der Waals surface area contributed by atoms with E-state index in [-0.39, 0.29) is 0 Å². The summed E-state index contributed by atoms with van der Waals surface area (Å²) < 4.78 is 14.8. The van der Waals surface area contributed by atoms with Crippen molar-refractivity contribution in [2.75, 3.05) is 0 Å². The fraction of sp³-hybridized carbons (Fsp3) is 0.500. The third-order valence-electron chi connectivity index (χ3n) is 0.617. The maximum Gasteiger partial charge on any atom is 0.496 e. The molecule has 0 fully saturated rings. The predicted octanol–water partition coefficient (Wildman–Crippen LogP) is 0.566. The van der Waals surface area contributed by atoms with E-state index in [1.54, 1.807) is 0 Å². The predicted molar refractivity (Wildman–Crippen MR) is 24.7 cm³/mol. The lowest BCUT2D eigenvalue weighted by Crippen LogP contribution is -2.20. The highest BCUT2D eigenvalue weighted by Gasteiger charge is 2.14. The van der Waals surface area contributed by atoms with Crippen LogP contribution in [-0.4, -0.2) is 23.4 Å². The molecule has 0 aromatic carbocycles. The van der Waals surface area contributed by atoms with Crippen LogP contribution >= 0.6 is 0 Å². The topological polar surface area (TPSA) is 63.6 Å². The molecule has 0 amide bonds. The van der Waals surface area contributed by atoms with Crippen molar-refractivity contribution in [2.24, 2.45) is 0 Å². The first kappa shape index (κ1) is 7.87. The maximum absolute atomic E-state index is 11.2. The lowest BCUT2D eigenvalue weighted by molar-refractivity contribution is -0.146. The molecule has 0 aliphatic heterocycles. The summed E-state index contributed by atoms with van der Waals surface area (Å²) in [5.74, 6) is -1.37. The number of ether oxygens (including phenoxy) is 1. The minimum absolute atomic E-state index is 1.06. The Labute approximate surface area is 50.2 Å². The van der Waals surface area contributed by atoms with Crippen LogP contribution in [0, 0.1) is 0 Å². The van der Waals surface area contributed by atoms with Crippen molar-refractivity contribution in [1.29, 1.82) is 0 Å². The Kier molecular flexibility index (Phi) is 2.63. The van der Waals surface area contributed by atoms with Crippen LogP contribution in [0.5, 0.6) is 0 Å². The number of rotatable bonds is 2. The number of aliphatic carboxylic acids is 1. The Bertz CT molecular complexity index is 133. The molecule has 0 bridgehead atoms. The average Bonchev–Trinajstić information content (AvgIpc) is 1.63. The highest BCUT2D eigenvalue weighted by molar-refractivity contribution is 5.74. The summed E-state index contributed by atoms with van der Waals surface area (Å²) in [5, 5.41) is 7.99. The molecule has 4 nitrogen and oxygen atoms in total. The Hall–Kier alpha value is -1.13. The molecular formula is C4H5FO4. The molecule has 52 valence electrons. The Morgan fingerprint density at radius 3 is 2.22 bits per heavy atom. The maximum atomic E-state index is 11.2. The van der Waals surface area contributed by atoms with Gasteiger partial charge in [0.25, 0.3) is 0 Å². The van der Waals surface area contributed by atoms with E-state index in [1.807, 2.05) is 0 Å². The SMILES string of the molecule is C[C@H](OC(=O)F)C(=O)O. The smallest absolute Gasteiger partial charge is 0.479 e. The second-order valence-corrected chi connectivity index (χ2v) is 1.34. The number of carboxylic acid groups (broad SMARTS) is 1. The van der Waals surface area contributed by atoms with E-state index < -0.39 is 18.3 Å². The third-order valence-corrected chi connectivity index (χ3v) is 0.617. The van der Waals surface area contributed by atoms with E-state index >= 15 is 0 Å². The van der Waals surface area contributed by atoms with Gasteiger partial charge in [-0.2, -0.15) is 0 Å². The van der Waals surface area contributed by atoms with E-state index in [2.05, 4.69) is 4.74 Å². The molecule has 0 aliphatic rings. The van der Waals surface area contributed by atoms with Gasteiger partial charge in [0, 0.05) is 0 Å². The summed E-state index contributed by atoms with van der Waals surface area (Å²) in [7, 11) is 0. The quantitative estimate of drug-likeness (QED) is 0.563. The van der Waals surface area contributed by atoms with E-state index in [0.717, 1.165) is 6.92 Å². The first-order valence-corrected chi connectivity index (χ1v) is 2.13. The van der Waals surface area contributed by atoms with Crippen molar-refractivity contribution < 1.29 is 23.8 Å². The second kappa shape index (κ2) is 3.01. The summed E-state index contributed by atoms with van der Waals surface area (Å²) in [6.07, 6.45) is -3.49. The number of carbonyl (C=O) groups is 2. The largest absolute Gasteiger partial charge is 0.496 e. The molecule has 0 aromatic rings. The van der Waals surface area contributed by atoms with Gasteiger partial charge in [-0.1, -0.05) is 0 Å². The highest BCUT2D eigenvalue weighted by atomic mass is 19.1. The van der Waals surface area contributed by atoms with Gasteiger partial charge in [-0.15, -0.1) is 4.39 Å². The van der Waals surface area contributed by atoms with Crippen LogP contribution in [0.2, 0.25) is 0 Å². The van der Waals surface area contributed by atoms with Crippen LogP contribution in [0.15, 0.2) is 0 Å². The summed E-state index contributed by atoms with van der Waals surface area (Å²) in [6.45, 7) is 1.06. The molecule has 0 heterocycles. The molecule has 5 heteroatoms. The number of hydrogen-bond donors (Lipinski definition) is 1. The van der Waals surface area contributed by atoms with Gasteiger partial charge in [-0.3, -0.25) is 0 Å². The fourth-order valence-electron chi connectivity index (χ4n) is 0.189. The zero-order chi connectivity index (χ0) is 7.44. The molecule has 0 saturated carbocycles. The van der Waals surface area contributed by atoms with Crippen molar-refractivity contribution >= 4 is 12.2 Å². The van der Waals surface area contributed by atoms with Crippen LogP contribution in [-0.2, 0) is 9.53 Å². The Morgan fingerprint density at radius 1 is 1.67 bits per heavy atom. The van der Waals surface area contributed by atoms with Gasteiger partial charge in [0.05, 0.1) is 0 Å². The van der Waals surface area contributed by atoms with E-state index in [1.165, 1.54) is 0 Å². The van der Waals surface area contributed by atoms with E-state index in [4.69, 9.17) is 5.11 Å². The molecule has 0 saturated heterocycles. The van der Waals surface area contributed by atoms with Crippen molar-refractivity contribution in [1.82, 2.24) is 0 Å². The average molecular weight is 136 g/mol. The lowest BCUT2D eigenvalue weighted by atomic mass is 10.4. The minimum Gasteiger partial charge on any atom is -0.479 e. The van der Waals surface area contributed by atoms with Crippen LogP contribution in [0.3, 0.4) is 0 Å². The van der Waals surface area contributed by atoms with Crippen molar-refractivity contribution in [2.45, 2.75) is 13.0 Å². The fourth-order valence-corrected chi connectivity index (χ4v) is 0.189. The second-order valence-electron chi connectivity index (χ2n) is 1.34. The Balaban J connectivity index is 3.63. The molecule has 0 aliphatic carbocycles. The van der Waals surface area contributed by atoms with Crippen molar-refractivity contribution in [3.63, 3.8) is 0 Å². The van der Waals surface area contributed by atoms with Gasteiger partial charge in [0.2, 0.25) is 0 Å². The molecule has 1 atom stereocenters. The number of carbonyl (C=O) groups excluding carboxylic acids is 1. The van der Waals surface area contributed by atoms with Gasteiger partial charge in [-0.25, -0.2) is 9.59 Å². The molecule has 0 radical (unpaired) electrons. The summed E-state index contributed by atoms with van der Waals surface area (Å²) in [6, 6.07) is 0. The van der Waals surface area contributed by atoms with E-state index in [9.17, 15) is 14.0 Å². The number of carboxylic acids is 1. The molecule has 1 N–H and O–H groups in total. The number of hydrogen-bond acceptors (Lipinski definition) is 3. The van der Waals surface area contributed by atoms with Crippen LogP contribution in [0.25, 0.3) is 0 Å². The minimum atomic E-state index is -2.08. The zero-order valence-electron chi connectivity index (χ0n) is 4.63. The van der Waals surface area contributed by atoms with Gasteiger partial charge in [-0.05, 0) is 6.92 Å². The molecule has 0 rings (SSSR count). The molecule has 0 unspecified atom stereocenters. The van der Waals surface area contributed by atoms with Crippen LogP contribution in [0.4, 0.5) is 9.18 Å². The van der Waals surface area contributed by atoms with Gasteiger partial charge < -0.3 is 9.84 Å². The summed E-state index contributed by atoms with van der Waals surface area (Å²) in [4.78, 5) is 19.2. The molecular weight excluding hydrogens is 131 g/mol. The van der Waals surface area contributed by atoms with Crippen LogP contribution < -0.4 is 0 Å².